The molecule has 1 heterocycles. The van der Waals surface area contributed by atoms with Crippen LogP contribution >= 0.6 is 22.6 Å². The maximum absolute atomic E-state index is 12.6. The van der Waals surface area contributed by atoms with Crippen molar-refractivity contribution >= 4 is 38.5 Å². The number of para-hydroxylation sites is 1. The summed E-state index contributed by atoms with van der Waals surface area (Å²) in [5.41, 5.74) is 2.65. The summed E-state index contributed by atoms with van der Waals surface area (Å²) in [4.78, 5) is 0. The van der Waals surface area contributed by atoms with Crippen molar-refractivity contribution in [3.05, 3.63) is 68.3 Å². The molecule has 2 aromatic carbocycles. The highest BCUT2D eigenvalue weighted by molar-refractivity contribution is 14.1. The van der Waals surface area contributed by atoms with Crippen LogP contribution in [0.4, 0.5) is 0 Å². The molecular weight excluding hydrogens is 571 g/mol. The Balaban J connectivity index is 1.76. The van der Waals surface area contributed by atoms with Gasteiger partial charge in [0.1, 0.15) is 17.6 Å². The second-order valence-electron chi connectivity index (χ2n) is 8.24. The van der Waals surface area contributed by atoms with Crippen molar-refractivity contribution in [2.45, 2.75) is 31.1 Å². The summed E-state index contributed by atoms with van der Waals surface area (Å²) in [5.74, 6) is 0.827. The molecule has 9 heteroatoms. The van der Waals surface area contributed by atoms with Crippen LogP contribution in [-0.2, 0) is 9.84 Å². The summed E-state index contributed by atoms with van der Waals surface area (Å²) >= 11 is 2.03. The molecule has 2 aromatic rings. The molecule has 0 amide bonds. The molecule has 1 aliphatic heterocycles. The van der Waals surface area contributed by atoms with Gasteiger partial charge < -0.3 is 24.8 Å². The number of sulfone groups is 1. The minimum atomic E-state index is -3.61. The SMILES string of the molecule is COc1cc(/C=C(\C)CC[C@@H](O)C2=C(COc3ccccc3)CS(=O)(=O)[C@H]2CO)cc(I)c1O. The van der Waals surface area contributed by atoms with Crippen LogP contribution in [-0.4, -0.2) is 61.2 Å². The number of aromatic hydroxyl groups is 1. The number of methoxy groups -OCH3 is 1. The fourth-order valence-corrected chi connectivity index (χ4v) is 6.53. The first-order chi connectivity index (χ1) is 16.2. The van der Waals surface area contributed by atoms with E-state index in [-0.39, 0.29) is 18.1 Å². The number of rotatable bonds is 10. The van der Waals surface area contributed by atoms with E-state index in [0.717, 1.165) is 11.1 Å². The Hall–Kier alpha value is -2.08. The summed E-state index contributed by atoms with van der Waals surface area (Å²) in [7, 11) is -2.12. The lowest BCUT2D eigenvalue weighted by Crippen LogP contribution is -2.29. The lowest BCUT2D eigenvalue weighted by atomic mass is 9.95. The molecule has 0 saturated heterocycles. The van der Waals surface area contributed by atoms with E-state index in [0.29, 0.717) is 39.1 Å². The molecule has 0 bridgehead atoms. The number of halogens is 1. The van der Waals surface area contributed by atoms with Crippen LogP contribution in [0.3, 0.4) is 0 Å². The van der Waals surface area contributed by atoms with Crippen LogP contribution in [0.2, 0.25) is 0 Å². The quantitative estimate of drug-likeness (QED) is 0.282. The normalized spacial score (nSPS) is 18.7. The molecule has 184 valence electrons. The molecule has 0 radical (unpaired) electrons. The van der Waals surface area contributed by atoms with Crippen LogP contribution in [0.15, 0.2) is 59.2 Å². The van der Waals surface area contributed by atoms with Gasteiger partial charge in [0.25, 0.3) is 0 Å². The predicted molar refractivity (Wildman–Crippen MR) is 140 cm³/mol. The summed E-state index contributed by atoms with van der Waals surface area (Å²) < 4.78 is 36.8. The van der Waals surface area contributed by atoms with Gasteiger partial charge in [-0.1, -0.05) is 29.8 Å². The standard InChI is InChI=1S/C25H29IO7S/c1-16(10-17-11-20(26)25(29)22(12-17)32-2)8-9-21(28)24-18(15-34(30,31)23(24)13-27)14-33-19-6-4-3-5-7-19/h3-7,10-12,21,23,27-29H,8-9,13-15H2,1-2H3/b16-10+/t21-,23+/m1/s1. The highest BCUT2D eigenvalue weighted by Gasteiger charge is 2.41. The van der Waals surface area contributed by atoms with Gasteiger partial charge in [-0.3, -0.25) is 0 Å². The zero-order valence-electron chi connectivity index (χ0n) is 19.1. The van der Waals surface area contributed by atoms with Crippen molar-refractivity contribution < 1.29 is 33.2 Å². The largest absolute Gasteiger partial charge is 0.504 e. The van der Waals surface area contributed by atoms with Crippen molar-refractivity contribution in [1.82, 2.24) is 0 Å². The first kappa shape index (κ1) is 26.5. The smallest absolute Gasteiger partial charge is 0.171 e. The van der Waals surface area contributed by atoms with Gasteiger partial charge in [0.15, 0.2) is 21.3 Å². The molecule has 2 atom stereocenters. The second kappa shape index (κ2) is 11.6. The molecule has 34 heavy (non-hydrogen) atoms. The number of hydrogen-bond donors (Lipinski definition) is 3. The minimum Gasteiger partial charge on any atom is -0.504 e. The average molecular weight is 600 g/mol. The lowest BCUT2D eigenvalue weighted by Gasteiger charge is -2.19. The minimum absolute atomic E-state index is 0.0344. The van der Waals surface area contributed by atoms with Crippen molar-refractivity contribution in [3.8, 4) is 17.2 Å². The number of phenols is 1. The van der Waals surface area contributed by atoms with E-state index in [4.69, 9.17) is 9.47 Å². The van der Waals surface area contributed by atoms with E-state index in [1.165, 1.54) is 7.11 Å². The lowest BCUT2D eigenvalue weighted by molar-refractivity contribution is 0.187. The summed E-state index contributed by atoms with van der Waals surface area (Å²) in [6.07, 6.45) is 1.71. The molecule has 0 aromatic heterocycles. The van der Waals surface area contributed by atoms with E-state index in [1.54, 1.807) is 18.2 Å². The zero-order chi connectivity index (χ0) is 24.9. The van der Waals surface area contributed by atoms with Gasteiger partial charge in [0.2, 0.25) is 0 Å². The van der Waals surface area contributed by atoms with E-state index in [9.17, 15) is 23.7 Å². The van der Waals surface area contributed by atoms with Gasteiger partial charge in [0, 0.05) is 0 Å². The van der Waals surface area contributed by atoms with E-state index < -0.39 is 27.8 Å². The molecule has 0 unspecified atom stereocenters. The predicted octanol–water partition coefficient (Wildman–Crippen LogP) is 3.71. The molecular formula is C25H29IO7S. The number of phenolic OH excluding ortho intramolecular Hbond substituents is 1. The van der Waals surface area contributed by atoms with Crippen molar-refractivity contribution in [2.24, 2.45) is 0 Å². The zero-order valence-corrected chi connectivity index (χ0v) is 22.0. The van der Waals surface area contributed by atoms with Crippen LogP contribution < -0.4 is 9.47 Å². The highest BCUT2D eigenvalue weighted by atomic mass is 127. The Morgan fingerprint density at radius 2 is 1.97 bits per heavy atom. The Kier molecular flexibility index (Phi) is 9.02. The molecule has 0 spiro atoms. The molecule has 0 aliphatic carbocycles. The fraction of sp³-hybridized carbons (Fsp3) is 0.360. The van der Waals surface area contributed by atoms with E-state index in [1.807, 2.05) is 59.9 Å². The third-order valence-electron chi connectivity index (χ3n) is 5.74. The molecule has 0 fully saturated rings. The van der Waals surface area contributed by atoms with Crippen molar-refractivity contribution in [2.75, 3.05) is 26.1 Å². The first-order valence-electron chi connectivity index (χ1n) is 10.8. The number of ether oxygens (including phenoxy) is 2. The number of benzene rings is 2. The third-order valence-corrected chi connectivity index (χ3v) is 8.58. The Labute approximate surface area is 213 Å². The Morgan fingerprint density at radius 3 is 2.62 bits per heavy atom. The van der Waals surface area contributed by atoms with Crippen molar-refractivity contribution in [3.63, 3.8) is 0 Å². The number of hydrogen-bond acceptors (Lipinski definition) is 7. The van der Waals surface area contributed by atoms with Gasteiger partial charge in [-0.25, -0.2) is 8.42 Å². The topological polar surface area (TPSA) is 113 Å². The van der Waals surface area contributed by atoms with Crippen molar-refractivity contribution in [1.29, 1.82) is 0 Å². The molecule has 0 saturated carbocycles. The molecule has 3 N–H and O–H groups in total. The van der Waals surface area contributed by atoms with E-state index in [2.05, 4.69) is 0 Å². The van der Waals surface area contributed by atoms with Gasteiger partial charge in [-0.15, -0.1) is 0 Å². The van der Waals surface area contributed by atoms with Crippen LogP contribution in [0.1, 0.15) is 25.3 Å². The van der Waals surface area contributed by atoms with Gasteiger partial charge in [0.05, 0.1) is 29.1 Å². The van der Waals surface area contributed by atoms with E-state index >= 15 is 0 Å². The third kappa shape index (κ3) is 6.32. The maximum Gasteiger partial charge on any atom is 0.171 e. The second-order valence-corrected chi connectivity index (χ2v) is 11.6. The number of aliphatic hydroxyl groups excluding tert-OH is 2. The monoisotopic (exact) mass is 600 g/mol. The number of allylic oxidation sites excluding steroid dienone is 1. The summed E-state index contributed by atoms with van der Waals surface area (Å²) in [6.45, 7) is 1.37. The molecule has 1 aliphatic rings. The number of aliphatic hydroxyl groups is 2. The maximum atomic E-state index is 12.6. The summed E-state index contributed by atoms with van der Waals surface area (Å²) in [5, 5.41) is 29.6. The van der Waals surface area contributed by atoms with Crippen LogP contribution in [0.25, 0.3) is 6.08 Å². The molecule has 7 nitrogen and oxygen atoms in total. The molecule has 3 rings (SSSR count). The van der Waals surface area contributed by atoms with Gasteiger partial charge in [-0.05, 0) is 83.3 Å². The van der Waals surface area contributed by atoms with Crippen LogP contribution in [0, 0.1) is 3.57 Å². The first-order valence-corrected chi connectivity index (χ1v) is 13.6. The van der Waals surface area contributed by atoms with Gasteiger partial charge in [-0.2, -0.15) is 0 Å². The van der Waals surface area contributed by atoms with Gasteiger partial charge >= 0.3 is 0 Å². The Bertz CT molecular complexity index is 1170. The van der Waals surface area contributed by atoms with Crippen LogP contribution in [0.5, 0.6) is 17.2 Å². The highest BCUT2D eigenvalue weighted by Crippen LogP contribution is 2.34. The Morgan fingerprint density at radius 1 is 1.26 bits per heavy atom. The fourth-order valence-electron chi connectivity index (χ4n) is 4.03. The average Bonchev–Trinajstić information content (AvgIpc) is 3.08. The summed E-state index contributed by atoms with van der Waals surface area (Å²) in [6, 6.07) is 12.6.